The summed E-state index contributed by atoms with van der Waals surface area (Å²) < 4.78 is 0. The third kappa shape index (κ3) is 6.36. The molecule has 1 unspecified atom stereocenters. The van der Waals surface area contributed by atoms with Crippen LogP contribution in [0.3, 0.4) is 0 Å². The predicted octanol–water partition coefficient (Wildman–Crippen LogP) is 3.54. The van der Waals surface area contributed by atoms with E-state index in [0.717, 1.165) is 44.9 Å². The molecule has 0 saturated carbocycles. The van der Waals surface area contributed by atoms with Crippen molar-refractivity contribution in [3.8, 4) is 0 Å². The second-order valence-corrected chi connectivity index (χ2v) is 7.20. The average Bonchev–Trinajstić information content (AvgIpc) is 2.67. The summed E-state index contributed by atoms with van der Waals surface area (Å²) in [5.74, 6) is 1.08. The van der Waals surface area contributed by atoms with E-state index in [0.29, 0.717) is 6.42 Å². The standard InChI is InChI=1S/C21H34N4O.HI/c1-5-21(6-2,17-11-9-8-10-12-17)16-23-20(22-7-3)24-18-13-14-19(26)25(4)15-18;/h8-12,18H,5-7,13-16H2,1-4H3,(H2,22,23,24);1H. The first-order chi connectivity index (χ1) is 12.5. The van der Waals surface area contributed by atoms with Crippen LogP contribution in [0.1, 0.15) is 52.0 Å². The minimum atomic E-state index is 0. The third-order valence-electron chi connectivity index (χ3n) is 5.59. The van der Waals surface area contributed by atoms with Crippen molar-refractivity contribution in [2.24, 2.45) is 4.99 Å². The number of guanidine groups is 1. The van der Waals surface area contributed by atoms with Crippen molar-refractivity contribution in [3.63, 3.8) is 0 Å². The fourth-order valence-electron chi connectivity index (χ4n) is 3.64. The number of aliphatic imine (C=N–C) groups is 1. The molecule has 152 valence electrons. The van der Waals surface area contributed by atoms with Crippen LogP contribution in [0, 0.1) is 0 Å². The van der Waals surface area contributed by atoms with E-state index in [1.807, 2.05) is 7.05 Å². The summed E-state index contributed by atoms with van der Waals surface area (Å²) in [7, 11) is 1.87. The normalized spacial score (nSPS) is 18.1. The van der Waals surface area contributed by atoms with Crippen molar-refractivity contribution in [2.45, 2.75) is 57.9 Å². The van der Waals surface area contributed by atoms with Crippen molar-refractivity contribution in [1.29, 1.82) is 0 Å². The molecule has 1 aliphatic heterocycles. The van der Waals surface area contributed by atoms with E-state index in [9.17, 15) is 4.79 Å². The van der Waals surface area contributed by atoms with E-state index >= 15 is 0 Å². The SMILES string of the molecule is CCNC(=NCC(CC)(CC)c1ccccc1)NC1CCC(=O)N(C)C1.I. The second-order valence-electron chi connectivity index (χ2n) is 7.20. The molecule has 1 fully saturated rings. The van der Waals surface area contributed by atoms with Gasteiger partial charge in [-0.05, 0) is 31.7 Å². The van der Waals surface area contributed by atoms with Crippen molar-refractivity contribution in [1.82, 2.24) is 15.5 Å². The number of piperidine rings is 1. The van der Waals surface area contributed by atoms with Gasteiger partial charge < -0.3 is 15.5 Å². The van der Waals surface area contributed by atoms with Crippen molar-refractivity contribution < 1.29 is 4.79 Å². The fourth-order valence-corrected chi connectivity index (χ4v) is 3.64. The molecule has 1 saturated heterocycles. The Morgan fingerprint density at radius 2 is 1.89 bits per heavy atom. The lowest BCUT2D eigenvalue weighted by molar-refractivity contribution is -0.132. The lowest BCUT2D eigenvalue weighted by Crippen LogP contribution is -2.52. The Balaban J connectivity index is 0.00000364. The summed E-state index contributed by atoms with van der Waals surface area (Å²) in [6.07, 6.45) is 3.57. The number of hydrogen-bond donors (Lipinski definition) is 2. The number of halogens is 1. The summed E-state index contributed by atoms with van der Waals surface area (Å²) in [4.78, 5) is 18.4. The molecule has 6 heteroatoms. The number of rotatable bonds is 7. The van der Waals surface area contributed by atoms with Gasteiger partial charge in [-0.15, -0.1) is 24.0 Å². The first-order valence-electron chi connectivity index (χ1n) is 9.89. The number of amides is 1. The van der Waals surface area contributed by atoms with Crippen LogP contribution in [0.15, 0.2) is 35.3 Å². The summed E-state index contributed by atoms with van der Waals surface area (Å²) >= 11 is 0. The van der Waals surface area contributed by atoms with Crippen LogP contribution >= 0.6 is 24.0 Å². The lowest BCUT2D eigenvalue weighted by Gasteiger charge is -2.33. The maximum atomic E-state index is 11.7. The van der Waals surface area contributed by atoms with Crippen molar-refractivity contribution >= 4 is 35.8 Å². The highest BCUT2D eigenvalue weighted by molar-refractivity contribution is 14.0. The number of carbonyl (C=O) groups excluding carboxylic acids is 1. The quantitative estimate of drug-likeness (QED) is 0.352. The molecule has 2 rings (SSSR count). The van der Waals surface area contributed by atoms with Gasteiger partial charge in [0, 0.05) is 38.0 Å². The molecule has 27 heavy (non-hydrogen) atoms. The number of hydrogen-bond acceptors (Lipinski definition) is 2. The lowest BCUT2D eigenvalue weighted by atomic mass is 9.76. The van der Waals surface area contributed by atoms with E-state index in [4.69, 9.17) is 4.99 Å². The monoisotopic (exact) mass is 486 g/mol. The van der Waals surface area contributed by atoms with Gasteiger partial charge in [0.05, 0.1) is 6.54 Å². The van der Waals surface area contributed by atoms with Gasteiger partial charge in [-0.3, -0.25) is 9.79 Å². The molecule has 1 amide bonds. The predicted molar refractivity (Wildman–Crippen MR) is 124 cm³/mol. The Hall–Kier alpha value is -1.31. The number of likely N-dealkylation sites (tertiary alicyclic amines) is 1. The molecule has 0 aromatic heterocycles. The van der Waals surface area contributed by atoms with Crippen LogP contribution in [-0.4, -0.2) is 49.5 Å². The molecule has 1 atom stereocenters. The van der Waals surface area contributed by atoms with Crippen molar-refractivity contribution in [2.75, 3.05) is 26.7 Å². The molecule has 0 spiro atoms. The second kappa shape index (κ2) is 11.5. The number of likely N-dealkylation sites (N-methyl/N-ethyl adjacent to an activating group) is 1. The van der Waals surface area contributed by atoms with Gasteiger partial charge in [-0.2, -0.15) is 0 Å². The maximum absolute atomic E-state index is 11.7. The molecule has 0 aliphatic carbocycles. The smallest absolute Gasteiger partial charge is 0.222 e. The van der Waals surface area contributed by atoms with Gasteiger partial charge in [0.15, 0.2) is 5.96 Å². The van der Waals surface area contributed by atoms with E-state index in [1.54, 1.807) is 4.90 Å². The molecule has 1 aliphatic rings. The summed E-state index contributed by atoms with van der Waals surface area (Å²) in [6.45, 7) is 8.87. The number of carbonyl (C=O) groups is 1. The highest BCUT2D eigenvalue weighted by Crippen LogP contribution is 2.31. The Bertz CT molecular complexity index is 601. The average molecular weight is 486 g/mol. The van der Waals surface area contributed by atoms with Crippen LogP contribution in [0.25, 0.3) is 0 Å². The molecule has 1 heterocycles. The van der Waals surface area contributed by atoms with Crippen LogP contribution in [0.5, 0.6) is 0 Å². The highest BCUT2D eigenvalue weighted by Gasteiger charge is 2.29. The molecule has 1 aromatic carbocycles. The van der Waals surface area contributed by atoms with Gasteiger partial charge in [0.25, 0.3) is 0 Å². The summed E-state index contributed by atoms with van der Waals surface area (Å²) in [5.41, 5.74) is 1.41. The minimum Gasteiger partial charge on any atom is -0.357 e. The number of nitrogens with zero attached hydrogens (tertiary/aromatic N) is 2. The third-order valence-corrected chi connectivity index (χ3v) is 5.59. The van der Waals surface area contributed by atoms with E-state index in [1.165, 1.54) is 5.56 Å². The number of nitrogens with one attached hydrogen (secondary N) is 2. The first-order valence-corrected chi connectivity index (χ1v) is 9.89. The van der Waals surface area contributed by atoms with Gasteiger partial charge in [-0.25, -0.2) is 0 Å². The van der Waals surface area contributed by atoms with Crippen LogP contribution in [-0.2, 0) is 10.2 Å². The molecule has 2 N–H and O–H groups in total. The van der Waals surface area contributed by atoms with Crippen LogP contribution in [0.2, 0.25) is 0 Å². The van der Waals surface area contributed by atoms with Gasteiger partial charge >= 0.3 is 0 Å². The van der Waals surface area contributed by atoms with Crippen LogP contribution < -0.4 is 10.6 Å². The fraction of sp³-hybridized carbons (Fsp3) is 0.619. The Labute approximate surface area is 181 Å². The number of benzene rings is 1. The zero-order valence-corrected chi connectivity index (χ0v) is 19.5. The highest BCUT2D eigenvalue weighted by atomic mass is 127. The summed E-state index contributed by atoms with van der Waals surface area (Å²) in [6, 6.07) is 11.0. The topological polar surface area (TPSA) is 56.7 Å². The van der Waals surface area contributed by atoms with E-state index in [2.05, 4.69) is 61.7 Å². The van der Waals surface area contributed by atoms with Crippen molar-refractivity contribution in [3.05, 3.63) is 35.9 Å². The van der Waals surface area contributed by atoms with Gasteiger partial charge in [-0.1, -0.05) is 44.2 Å². The molecule has 1 aromatic rings. The zero-order valence-electron chi connectivity index (χ0n) is 17.1. The van der Waals surface area contributed by atoms with E-state index < -0.39 is 0 Å². The largest absolute Gasteiger partial charge is 0.357 e. The minimum absolute atomic E-state index is 0. The summed E-state index contributed by atoms with van der Waals surface area (Å²) in [5, 5.41) is 6.89. The van der Waals surface area contributed by atoms with E-state index in [-0.39, 0.29) is 41.3 Å². The Morgan fingerprint density at radius 1 is 1.22 bits per heavy atom. The maximum Gasteiger partial charge on any atom is 0.222 e. The first kappa shape index (κ1) is 23.7. The Morgan fingerprint density at radius 3 is 2.44 bits per heavy atom. The molecule has 0 radical (unpaired) electrons. The molecule has 5 nitrogen and oxygen atoms in total. The molecular weight excluding hydrogens is 451 g/mol. The zero-order chi connectivity index (χ0) is 19.0. The Kier molecular flexibility index (Phi) is 10.1. The van der Waals surface area contributed by atoms with Crippen LogP contribution in [0.4, 0.5) is 0 Å². The van der Waals surface area contributed by atoms with Gasteiger partial charge in [0.2, 0.25) is 5.91 Å². The van der Waals surface area contributed by atoms with Gasteiger partial charge in [0.1, 0.15) is 0 Å². The molecular formula is C21H35IN4O. The molecule has 0 bridgehead atoms.